The van der Waals surface area contributed by atoms with E-state index in [0.29, 0.717) is 25.9 Å². The maximum Gasteiger partial charge on any atom is 0.233 e. The topological polar surface area (TPSA) is 40.5 Å². The number of benzene rings is 2. The number of piperidine rings is 1. The second kappa shape index (κ2) is 6.16. The van der Waals surface area contributed by atoms with E-state index in [0.717, 1.165) is 17.5 Å². The first-order valence-electron chi connectivity index (χ1n) is 9.62. The molecule has 27 heavy (non-hydrogen) atoms. The first kappa shape index (κ1) is 18.2. The Bertz CT molecular complexity index is 838. The van der Waals surface area contributed by atoms with Crippen molar-refractivity contribution in [3.63, 3.8) is 0 Å². The van der Waals surface area contributed by atoms with Crippen molar-refractivity contribution in [3.8, 4) is 0 Å². The van der Waals surface area contributed by atoms with Crippen molar-refractivity contribution in [2.45, 2.75) is 44.1 Å². The van der Waals surface area contributed by atoms with Gasteiger partial charge >= 0.3 is 0 Å². The zero-order chi connectivity index (χ0) is 19.3. The molecule has 1 heterocycles. The average molecular weight is 367 g/mol. The summed E-state index contributed by atoms with van der Waals surface area (Å²) in [4.78, 5) is 15.4. The molecule has 1 atom stereocenters. The highest BCUT2D eigenvalue weighted by Crippen LogP contribution is 2.65. The summed E-state index contributed by atoms with van der Waals surface area (Å²) in [6, 6.07) is 16.0. The maximum absolute atomic E-state index is 13.5. The van der Waals surface area contributed by atoms with E-state index in [1.807, 2.05) is 35.2 Å². The standard InChI is InChI=1S/C23H26FNO2/c1-21(2)16-23(21,18-8-10-19(24)11-9-18)20(26)25-14-12-22(27,13-15-25)17-6-4-3-5-7-17/h3-11,27H,12-16H2,1-2H3/t23-/m0/s1. The zero-order valence-electron chi connectivity index (χ0n) is 15.9. The van der Waals surface area contributed by atoms with E-state index in [4.69, 9.17) is 0 Å². The molecule has 0 unspecified atom stereocenters. The molecule has 2 aromatic rings. The van der Waals surface area contributed by atoms with Crippen molar-refractivity contribution in [3.05, 3.63) is 71.5 Å². The number of nitrogens with zero attached hydrogens (tertiary/aromatic N) is 1. The Morgan fingerprint density at radius 3 is 2.04 bits per heavy atom. The van der Waals surface area contributed by atoms with Crippen molar-refractivity contribution < 1.29 is 14.3 Å². The number of rotatable bonds is 3. The fraction of sp³-hybridized carbons (Fsp3) is 0.435. The van der Waals surface area contributed by atoms with Crippen molar-refractivity contribution >= 4 is 5.91 Å². The molecule has 1 saturated heterocycles. The predicted molar refractivity (Wildman–Crippen MR) is 103 cm³/mol. The quantitative estimate of drug-likeness (QED) is 0.891. The summed E-state index contributed by atoms with van der Waals surface area (Å²) in [6.45, 7) is 5.25. The fourth-order valence-corrected chi connectivity index (χ4v) is 4.72. The molecule has 2 fully saturated rings. The molecule has 3 nitrogen and oxygen atoms in total. The molecule has 4 rings (SSSR count). The van der Waals surface area contributed by atoms with E-state index in [1.54, 1.807) is 12.1 Å². The number of amides is 1. The van der Waals surface area contributed by atoms with E-state index >= 15 is 0 Å². The Morgan fingerprint density at radius 1 is 0.963 bits per heavy atom. The fourth-order valence-electron chi connectivity index (χ4n) is 4.72. The molecular weight excluding hydrogens is 341 g/mol. The Labute approximate surface area is 159 Å². The van der Waals surface area contributed by atoms with Crippen LogP contribution in [-0.4, -0.2) is 29.0 Å². The van der Waals surface area contributed by atoms with E-state index < -0.39 is 11.0 Å². The number of halogens is 1. The third-order valence-electron chi connectivity index (χ3n) is 6.63. The van der Waals surface area contributed by atoms with Gasteiger partial charge in [0, 0.05) is 13.1 Å². The van der Waals surface area contributed by atoms with Gasteiger partial charge in [0.05, 0.1) is 11.0 Å². The van der Waals surface area contributed by atoms with E-state index in [9.17, 15) is 14.3 Å². The molecule has 1 aliphatic carbocycles. The number of likely N-dealkylation sites (tertiary alicyclic amines) is 1. The molecule has 0 bridgehead atoms. The second-order valence-corrected chi connectivity index (χ2v) is 8.66. The third-order valence-corrected chi connectivity index (χ3v) is 6.63. The van der Waals surface area contributed by atoms with Crippen LogP contribution < -0.4 is 0 Å². The van der Waals surface area contributed by atoms with Crippen molar-refractivity contribution in [1.29, 1.82) is 0 Å². The van der Waals surface area contributed by atoms with Gasteiger partial charge < -0.3 is 10.0 Å². The molecule has 2 aliphatic rings. The first-order chi connectivity index (χ1) is 12.8. The maximum atomic E-state index is 13.5. The highest BCUT2D eigenvalue weighted by atomic mass is 19.1. The summed E-state index contributed by atoms with van der Waals surface area (Å²) in [5.41, 5.74) is 0.206. The van der Waals surface area contributed by atoms with Gasteiger partial charge in [0.15, 0.2) is 0 Å². The molecule has 1 saturated carbocycles. The van der Waals surface area contributed by atoms with Crippen LogP contribution in [0, 0.1) is 11.2 Å². The summed E-state index contributed by atoms with van der Waals surface area (Å²) in [7, 11) is 0. The molecular formula is C23H26FNO2. The summed E-state index contributed by atoms with van der Waals surface area (Å²) < 4.78 is 13.4. The number of carbonyl (C=O) groups excluding carboxylic acids is 1. The monoisotopic (exact) mass is 367 g/mol. The SMILES string of the molecule is CC1(C)C[C@@]1(C(=O)N1CCC(O)(c2ccccc2)CC1)c1ccc(F)cc1. The summed E-state index contributed by atoms with van der Waals surface area (Å²) in [6.07, 6.45) is 1.83. The lowest BCUT2D eigenvalue weighted by atomic mass is 9.82. The zero-order valence-corrected chi connectivity index (χ0v) is 15.9. The predicted octanol–water partition coefficient (Wildman–Crippen LogP) is 4.00. The lowest BCUT2D eigenvalue weighted by molar-refractivity contribution is -0.139. The number of aliphatic hydroxyl groups is 1. The van der Waals surface area contributed by atoms with Gasteiger partial charge in [-0.15, -0.1) is 0 Å². The van der Waals surface area contributed by atoms with Gasteiger partial charge in [-0.3, -0.25) is 4.79 Å². The minimum Gasteiger partial charge on any atom is -0.385 e. The molecule has 1 aliphatic heterocycles. The molecule has 2 aromatic carbocycles. The summed E-state index contributed by atoms with van der Waals surface area (Å²) in [5.74, 6) is -0.181. The van der Waals surface area contributed by atoms with Gasteiger partial charge in [0.25, 0.3) is 0 Å². The van der Waals surface area contributed by atoms with Crippen LogP contribution in [0.4, 0.5) is 4.39 Å². The molecule has 1 N–H and O–H groups in total. The lowest BCUT2D eigenvalue weighted by Crippen LogP contribution is -2.49. The van der Waals surface area contributed by atoms with Gasteiger partial charge in [-0.05, 0) is 47.9 Å². The molecule has 0 aromatic heterocycles. The summed E-state index contributed by atoms with van der Waals surface area (Å²) in [5, 5.41) is 11.0. The van der Waals surface area contributed by atoms with Gasteiger partial charge in [-0.2, -0.15) is 0 Å². The van der Waals surface area contributed by atoms with Crippen molar-refractivity contribution in [2.75, 3.05) is 13.1 Å². The van der Waals surface area contributed by atoms with Crippen LogP contribution in [0.5, 0.6) is 0 Å². The lowest BCUT2D eigenvalue weighted by Gasteiger charge is -2.40. The minimum atomic E-state index is -0.875. The van der Waals surface area contributed by atoms with Crippen LogP contribution >= 0.6 is 0 Å². The largest absolute Gasteiger partial charge is 0.385 e. The second-order valence-electron chi connectivity index (χ2n) is 8.66. The smallest absolute Gasteiger partial charge is 0.233 e. The van der Waals surface area contributed by atoms with Gasteiger partial charge in [0.1, 0.15) is 5.82 Å². The highest BCUT2D eigenvalue weighted by molar-refractivity contribution is 5.93. The van der Waals surface area contributed by atoms with Gasteiger partial charge in [-0.25, -0.2) is 4.39 Å². The minimum absolute atomic E-state index is 0.106. The van der Waals surface area contributed by atoms with Gasteiger partial charge in [0.2, 0.25) is 5.91 Å². The van der Waals surface area contributed by atoms with E-state index in [2.05, 4.69) is 13.8 Å². The first-order valence-corrected chi connectivity index (χ1v) is 9.62. The Morgan fingerprint density at radius 2 is 1.52 bits per heavy atom. The average Bonchev–Trinajstić information content (AvgIpc) is 3.26. The number of carbonyl (C=O) groups is 1. The van der Waals surface area contributed by atoms with Crippen LogP contribution in [0.15, 0.2) is 54.6 Å². The van der Waals surface area contributed by atoms with Crippen LogP contribution in [-0.2, 0) is 15.8 Å². The van der Waals surface area contributed by atoms with Crippen molar-refractivity contribution in [2.24, 2.45) is 5.41 Å². The van der Waals surface area contributed by atoms with E-state index in [1.165, 1.54) is 12.1 Å². The van der Waals surface area contributed by atoms with Crippen LogP contribution in [0.3, 0.4) is 0 Å². The van der Waals surface area contributed by atoms with Crippen LogP contribution in [0.2, 0.25) is 0 Å². The Kier molecular flexibility index (Phi) is 4.15. The molecule has 0 spiro atoms. The molecule has 142 valence electrons. The number of hydrogen-bond acceptors (Lipinski definition) is 2. The normalized spacial score (nSPS) is 25.9. The Balaban J connectivity index is 1.54. The molecule has 0 radical (unpaired) electrons. The molecule has 1 amide bonds. The van der Waals surface area contributed by atoms with Crippen molar-refractivity contribution in [1.82, 2.24) is 4.90 Å². The van der Waals surface area contributed by atoms with E-state index in [-0.39, 0.29) is 17.1 Å². The summed E-state index contributed by atoms with van der Waals surface area (Å²) >= 11 is 0. The Hall–Kier alpha value is -2.20. The molecule has 4 heteroatoms. The third kappa shape index (κ3) is 2.87. The highest BCUT2D eigenvalue weighted by Gasteiger charge is 2.68. The number of hydrogen-bond donors (Lipinski definition) is 1. The van der Waals surface area contributed by atoms with Crippen LogP contribution in [0.1, 0.15) is 44.2 Å². The van der Waals surface area contributed by atoms with Crippen LogP contribution in [0.25, 0.3) is 0 Å². The van der Waals surface area contributed by atoms with Gasteiger partial charge in [-0.1, -0.05) is 56.3 Å².